The van der Waals surface area contributed by atoms with Crippen molar-refractivity contribution >= 4 is 24.2 Å². The molecule has 0 aliphatic carbocycles. The quantitative estimate of drug-likeness (QED) is 0.674. The van der Waals surface area contributed by atoms with Crippen molar-refractivity contribution in [3.8, 4) is 5.88 Å². The van der Waals surface area contributed by atoms with E-state index >= 15 is 0 Å². The van der Waals surface area contributed by atoms with E-state index in [0.29, 0.717) is 17.0 Å². The van der Waals surface area contributed by atoms with E-state index in [2.05, 4.69) is 16.9 Å². The zero-order valence-corrected chi connectivity index (χ0v) is 13.6. The Morgan fingerprint density at radius 2 is 1.95 bits per heavy atom. The van der Waals surface area contributed by atoms with E-state index in [1.807, 2.05) is 27.7 Å². The topological polar surface area (TPSA) is 69.7 Å². The van der Waals surface area contributed by atoms with Gasteiger partial charge >= 0.3 is 7.12 Å². The van der Waals surface area contributed by atoms with Gasteiger partial charge in [-0.1, -0.05) is 6.58 Å². The van der Waals surface area contributed by atoms with Crippen LogP contribution >= 0.6 is 0 Å². The molecule has 0 bridgehead atoms. The van der Waals surface area contributed by atoms with E-state index in [1.54, 1.807) is 12.3 Å². The lowest BCUT2D eigenvalue weighted by atomic mass is 9.80. The SMILES string of the molecule is C=CC(=O)Nc1cc(B2OC(C)(C)C(C)(C)O2)cnc1OC. The number of aromatic nitrogens is 1. The molecule has 1 amide bonds. The molecule has 1 aliphatic rings. The molecule has 1 N–H and O–H groups in total. The van der Waals surface area contributed by atoms with Crippen molar-refractivity contribution < 1.29 is 18.8 Å². The summed E-state index contributed by atoms with van der Waals surface area (Å²) in [7, 11) is 0.933. The molecule has 0 saturated carbocycles. The van der Waals surface area contributed by atoms with Gasteiger partial charge in [0.2, 0.25) is 11.8 Å². The Morgan fingerprint density at radius 1 is 1.36 bits per heavy atom. The second-order valence-corrected chi connectivity index (χ2v) is 6.11. The summed E-state index contributed by atoms with van der Waals surface area (Å²) in [5.74, 6) is -0.0263. The summed E-state index contributed by atoms with van der Waals surface area (Å²) in [4.78, 5) is 15.7. The Kier molecular flexibility index (Phi) is 4.31. The average molecular weight is 304 g/mol. The third-order valence-electron chi connectivity index (χ3n) is 4.03. The molecule has 118 valence electrons. The number of methoxy groups -OCH3 is 1. The minimum absolute atomic E-state index is 0.315. The molecule has 1 saturated heterocycles. The fourth-order valence-electron chi connectivity index (χ4n) is 2.01. The van der Waals surface area contributed by atoms with Crippen LogP contribution in [0.25, 0.3) is 0 Å². The van der Waals surface area contributed by atoms with Crippen molar-refractivity contribution in [3.63, 3.8) is 0 Å². The molecule has 0 unspecified atom stereocenters. The van der Waals surface area contributed by atoms with Gasteiger partial charge in [0.15, 0.2) is 0 Å². The van der Waals surface area contributed by atoms with Crippen LogP contribution in [-0.2, 0) is 14.1 Å². The number of rotatable bonds is 4. The summed E-state index contributed by atoms with van der Waals surface area (Å²) in [6, 6.07) is 1.73. The summed E-state index contributed by atoms with van der Waals surface area (Å²) in [5, 5.41) is 2.66. The zero-order valence-electron chi connectivity index (χ0n) is 13.6. The van der Waals surface area contributed by atoms with Crippen molar-refractivity contribution in [1.29, 1.82) is 0 Å². The van der Waals surface area contributed by atoms with Crippen LogP contribution in [0.3, 0.4) is 0 Å². The predicted molar refractivity (Wildman–Crippen MR) is 85.3 cm³/mol. The highest BCUT2D eigenvalue weighted by molar-refractivity contribution is 6.62. The largest absolute Gasteiger partial charge is 0.496 e. The number of nitrogens with zero attached hydrogens (tertiary/aromatic N) is 1. The molecule has 7 heteroatoms. The second kappa shape index (κ2) is 5.74. The van der Waals surface area contributed by atoms with E-state index in [4.69, 9.17) is 14.0 Å². The molecule has 0 radical (unpaired) electrons. The molecule has 1 aromatic rings. The first-order valence-electron chi connectivity index (χ1n) is 7.03. The number of carbonyl (C=O) groups is 1. The molecule has 2 rings (SSSR count). The predicted octanol–water partition coefficient (Wildman–Crippen LogP) is 1.51. The third-order valence-corrected chi connectivity index (χ3v) is 4.03. The normalized spacial score (nSPS) is 18.9. The molecule has 22 heavy (non-hydrogen) atoms. The summed E-state index contributed by atoms with van der Waals surface area (Å²) < 4.78 is 17.1. The van der Waals surface area contributed by atoms with Gasteiger partial charge in [-0.15, -0.1) is 0 Å². The fraction of sp³-hybridized carbons (Fsp3) is 0.467. The van der Waals surface area contributed by atoms with Gasteiger partial charge in [0, 0.05) is 11.7 Å². The van der Waals surface area contributed by atoms with E-state index in [-0.39, 0.29) is 5.91 Å². The summed E-state index contributed by atoms with van der Waals surface area (Å²) >= 11 is 0. The van der Waals surface area contributed by atoms with Crippen molar-refractivity contribution in [2.75, 3.05) is 12.4 Å². The number of ether oxygens (including phenoxy) is 1. The molecular formula is C15H21BN2O4. The van der Waals surface area contributed by atoms with Gasteiger partial charge in [-0.2, -0.15) is 0 Å². The molecular weight excluding hydrogens is 283 g/mol. The highest BCUT2D eigenvalue weighted by Gasteiger charge is 2.51. The number of hydrogen-bond donors (Lipinski definition) is 1. The minimum atomic E-state index is -0.553. The smallest absolute Gasteiger partial charge is 0.480 e. The first-order chi connectivity index (χ1) is 10.2. The minimum Gasteiger partial charge on any atom is -0.480 e. The van der Waals surface area contributed by atoms with Gasteiger partial charge in [0.25, 0.3) is 0 Å². The summed E-state index contributed by atoms with van der Waals surface area (Å²) in [6.07, 6.45) is 2.80. The lowest BCUT2D eigenvalue weighted by Gasteiger charge is -2.32. The van der Waals surface area contributed by atoms with Crippen molar-refractivity contribution in [1.82, 2.24) is 4.98 Å². The third kappa shape index (κ3) is 3.00. The Balaban J connectivity index is 2.32. The average Bonchev–Trinajstić information content (AvgIpc) is 2.67. The lowest BCUT2D eigenvalue weighted by Crippen LogP contribution is -2.41. The van der Waals surface area contributed by atoms with E-state index in [9.17, 15) is 4.79 Å². The lowest BCUT2D eigenvalue weighted by molar-refractivity contribution is -0.111. The molecule has 1 aromatic heterocycles. The highest BCUT2D eigenvalue weighted by Crippen LogP contribution is 2.36. The highest BCUT2D eigenvalue weighted by atomic mass is 16.7. The fourth-order valence-corrected chi connectivity index (χ4v) is 2.01. The van der Waals surface area contributed by atoms with Crippen molar-refractivity contribution in [2.45, 2.75) is 38.9 Å². The van der Waals surface area contributed by atoms with Crippen LogP contribution in [0.1, 0.15) is 27.7 Å². The number of nitrogens with one attached hydrogen (secondary N) is 1. The Hall–Kier alpha value is -1.86. The summed E-state index contributed by atoms with van der Waals surface area (Å²) in [5.41, 5.74) is 0.267. The van der Waals surface area contributed by atoms with Gasteiger partial charge in [0.05, 0.1) is 18.3 Å². The molecule has 1 fully saturated rings. The van der Waals surface area contributed by atoms with E-state index in [0.717, 1.165) is 0 Å². The first kappa shape index (κ1) is 16.5. The van der Waals surface area contributed by atoms with Crippen molar-refractivity contribution in [3.05, 3.63) is 24.9 Å². The summed E-state index contributed by atoms with van der Waals surface area (Å²) in [6.45, 7) is 11.3. The molecule has 0 spiro atoms. The van der Waals surface area contributed by atoms with E-state index < -0.39 is 18.3 Å². The number of hydrogen-bond acceptors (Lipinski definition) is 5. The van der Waals surface area contributed by atoms with Crippen LogP contribution in [0.2, 0.25) is 0 Å². The van der Waals surface area contributed by atoms with Crippen LogP contribution < -0.4 is 15.5 Å². The van der Waals surface area contributed by atoms with Gasteiger partial charge in [0.1, 0.15) is 5.69 Å². The second-order valence-electron chi connectivity index (χ2n) is 6.11. The van der Waals surface area contributed by atoms with Gasteiger partial charge in [-0.05, 0) is 39.8 Å². The molecule has 6 nitrogen and oxygen atoms in total. The van der Waals surface area contributed by atoms with Gasteiger partial charge < -0.3 is 19.4 Å². The van der Waals surface area contributed by atoms with Crippen LogP contribution in [0.15, 0.2) is 24.9 Å². The maximum atomic E-state index is 11.5. The van der Waals surface area contributed by atoms with Crippen LogP contribution in [0, 0.1) is 0 Å². The standard InChI is InChI=1S/C15H21BN2O4/c1-7-12(19)18-11-8-10(9-17-13(11)20-6)16-21-14(2,3)15(4,5)22-16/h7-9H,1H2,2-6H3,(H,18,19). The van der Waals surface area contributed by atoms with Gasteiger partial charge in [-0.3, -0.25) is 4.79 Å². The maximum Gasteiger partial charge on any atom is 0.496 e. The molecule has 0 atom stereocenters. The van der Waals surface area contributed by atoms with Gasteiger partial charge in [-0.25, -0.2) is 4.98 Å². The van der Waals surface area contributed by atoms with Crippen LogP contribution in [0.5, 0.6) is 5.88 Å². The Labute approximate surface area is 131 Å². The number of pyridine rings is 1. The van der Waals surface area contributed by atoms with Crippen LogP contribution in [-0.4, -0.2) is 36.3 Å². The molecule has 0 aromatic carbocycles. The number of carbonyl (C=O) groups excluding carboxylic acids is 1. The van der Waals surface area contributed by atoms with E-state index in [1.165, 1.54) is 13.2 Å². The monoisotopic (exact) mass is 304 g/mol. The first-order valence-corrected chi connectivity index (χ1v) is 7.03. The number of anilines is 1. The Morgan fingerprint density at radius 3 is 2.45 bits per heavy atom. The maximum absolute atomic E-state index is 11.5. The molecule has 1 aliphatic heterocycles. The van der Waals surface area contributed by atoms with Crippen molar-refractivity contribution in [2.24, 2.45) is 0 Å². The number of amides is 1. The Bertz CT molecular complexity index is 585. The zero-order chi connectivity index (χ0) is 16.5. The van der Waals surface area contributed by atoms with Crippen LogP contribution in [0.4, 0.5) is 5.69 Å². The molecule has 2 heterocycles.